The van der Waals surface area contributed by atoms with Gasteiger partial charge in [-0.05, 0) is 34.8 Å². The number of hydrogen-bond donors (Lipinski definition) is 1. The second-order valence-corrected chi connectivity index (χ2v) is 5.58. The molecule has 1 aromatic rings. The molecule has 1 atom stereocenters. The molecule has 0 heterocycles. The molecule has 1 N–H and O–H groups in total. The fraction of sp³-hybridized carbons (Fsp3) is 0.571. The van der Waals surface area contributed by atoms with Gasteiger partial charge in [0.1, 0.15) is 0 Å². The predicted molar refractivity (Wildman–Crippen MR) is 81.2 cm³/mol. The maximum atomic E-state index is 10.8. The molecule has 0 aromatic heterocycles. The molecule has 0 fully saturated rings. The minimum atomic E-state index is -0.363. The van der Waals surface area contributed by atoms with Gasteiger partial charge < -0.3 is 5.32 Å². The number of nitrogens with zero attached hydrogens (tertiary/aromatic N) is 1. The molecule has 4 nitrogen and oxygen atoms in total. The van der Waals surface area contributed by atoms with Crippen LogP contribution in [0.25, 0.3) is 0 Å². The van der Waals surface area contributed by atoms with E-state index in [1.807, 2.05) is 6.07 Å². The lowest BCUT2D eigenvalue weighted by molar-refractivity contribution is -0.385. The molecule has 0 saturated carbocycles. The Balaban J connectivity index is 2.53. The van der Waals surface area contributed by atoms with Gasteiger partial charge in [0.15, 0.2) is 0 Å². The molecule has 0 saturated heterocycles. The van der Waals surface area contributed by atoms with Crippen LogP contribution in [0.3, 0.4) is 0 Å². The SMILES string of the molecule is CCCCCC(C)NCc1cccc([N+](=O)[O-])c1Br. The van der Waals surface area contributed by atoms with Crippen molar-refractivity contribution in [3.8, 4) is 0 Å². The Morgan fingerprint density at radius 1 is 1.42 bits per heavy atom. The number of nitro benzene ring substituents is 1. The maximum absolute atomic E-state index is 10.8. The van der Waals surface area contributed by atoms with E-state index >= 15 is 0 Å². The second kappa shape index (κ2) is 8.27. The van der Waals surface area contributed by atoms with Gasteiger partial charge in [0, 0.05) is 18.7 Å². The van der Waals surface area contributed by atoms with E-state index < -0.39 is 0 Å². The highest BCUT2D eigenvalue weighted by atomic mass is 79.9. The Bertz CT molecular complexity index is 424. The summed E-state index contributed by atoms with van der Waals surface area (Å²) in [6, 6.07) is 5.57. The summed E-state index contributed by atoms with van der Waals surface area (Å²) >= 11 is 3.31. The smallest absolute Gasteiger partial charge is 0.283 e. The molecular formula is C14H21BrN2O2. The van der Waals surface area contributed by atoms with Crippen LogP contribution < -0.4 is 5.32 Å². The van der Waals surface area contributed by atoms with Crippen molar-refractivity contribution in [2.45, 2.75) is 52.1 Å². The molecule has 19 heavy (non-hydrogen) atoms. The van der Waals surface area contributed by atoms with Crippen LogP contribution in [-0.4, -0.2) is 11.0 Å². The molecule has 0 radical (unpaired) electrons. The van der Waals surface area contributed by atoms with Gasteiger partial charge in [0.25, 0.3) is 5.69 Å². The van der Waals surface area contributed by atoms with Gasteiger partial charge in [-0.25, -0.2) is 0 Å². The molecule has 0 aliphatic carbocycles. The van der Waals surface area contributed by atoms with Gasteiger partial charge in [0.2, 0.25) is 0 Å². The summed E-state index contributed by atoms with van der Waals surface area (Å²) in [5, 5.41) is 14.3. The first-order valence-corrected chi connectivity index (χ1v) is 7.50. The largest absolute Gasteiger partial charge is 0.310 e. The topological polar surface area (TPSA) is 55.2 Å². The van der Waals surface area contributed by atoms with Crippen molar-refractivity contribution in [2.75, 3.05) is 0 Å². The van der Waals surface area contributed by atoms with E-state index in [-0.39, 0.29) is 10.6 Å². The number of halogens is 1. The van der Waals surface area contributed by atoms with Crippen molar-refractivity contribution in [2.24, 2.45) is 0 Å². The lowest BCUT2D eigenvalue weighted by atomic mass is 10.1. The van der Waals surface area contributed by atoms with Crippen LogP contribution in [0.1, 0.15) is 45.1 Å². The standard InChI is InChI=1S/C14H21BrN2O2/c1-3-4-5-7-11(2)16-10-12-8-6-9-13(14(12)15)17(18)19/h6,8-9,11,16H,3-5,7,10H2,1-2H3. The third-order valence-corrected chi connectivity index (χ3v) is 4.05. The summed E-state index contributed by atoms with van der Waals surface area (Å²) in [5.74, 6) is 0. The Labute approximate surface area is 122 Å². The molecule has 0 amide bonds. The van der Waals surface area contributed by atoms with Crippen molar-refractivity contribution in [1.82, 2.24) is 5.32 Å². The van der Waals surface area contributed by atoms with Gasteiger partial charge in [-0.3, -0.25) is 10.1 Å². The van der Waals surface area contributed by atoms with Crippen molar-refractivity contribution in [3.05, 3.63) is 38.3 Å². The highest BCUT2D eigenvalue weighted by Gasteiger charge is 2.14. The zero-order chi connectivity index (χ0) is 14.3. The molecule has 106 valence electrons. The van der Waals surface area contributed by atoms with E-state index in [1.165, 1.54) is 25.3 Å². The van der Waals surface area contributed by atoms with E-state index in [9.17, 15) is 10.1 Å². The quantitative estimate of drug-likeness (QED) is 0.436. The summed E-state index contributed by atoms with van der Waals surface area (Å²) < 4.78 is 0.577. The molecule has 0 aliphatic rings. The maximum Gasteiger partial charge on any atom is 0.283 e. The Morgan fingerprint density at radius 2 is 2.16 bits per heavy atom. The van der Waals surface area contributed by atoms with Crippen LogP contribution >= 0.6 is 15.9 Å². The van der Waals surface area contributed by atoms with Gasteiger partial charge in [-0.2, -0.15) is 0 Å². The number of nitrogens with one attached hydrogen (secondary N) is 1. The normalized spacial score (nSPS) is 12.4. The zero-order valence-electron chi connectivity index (χ0n) is 11.5. The highest BCUT2D eigenvalue weighted by Crippen LogP contribution is 2.28. The first-order chi connectivity index (χ1) is 9.06. The molecule has 0 aliphatic heterocycles. The molecular weight excluding hydrogens is 308 g/mol. The predicted octanol–water partition coefficient (Wildman–Crippen LogP) is 4.42. The number of unbranched alkanes of at least 4 members (excludes halogenated alkanes) is 2. The average molecular weight is 329 g/mol. The summed E-state index contributed by atoms with van der Waals surface area (Å²) in [7, 11) is 0. The lowest BCUT2D eigenvalue weighted by Crippen LogP contribution is -2.25. The van der Waals surface area contributed by atoms with E-state index in [1.54, 1.807) is 6.07 Å². The van der Waals surface area contributed by atoms with E-state index in [0.717, 1.165) is 12.0 Å². The van der Waals surface area contributed by atoms with E-state index in [4.69, 9.17) is 0 Å². The van der Waals surface area contributed by atoms with Crippen LogP contribution in [0.15, 0.2) is 22.7 Å². The molecule has 1 rings (SSSR count). The average Bonchev–Trinajstić information content (AvgIpc) is 2.37. The van der Waals surface area contributed by atoms with Crippen LogP contribution in [0.2, 0.25) is 0 Å². The third-order valence-electron chi connectivity index (χ3n) is 3.14. The third kappa shape index (κ3) is 5.28. The summed E-state index contributed by atoms with van der Waals surface area (Å²) in [4.78, 5) is 10.5. The molecule has 5 heteroatoms. The molecule has 0 spiro atoms. The van der Waals surface area contributed by atoms with E-state index in [2.05, 4.69) is 35.1 Å². The number of rotatable bonds is 8. The highest BCUT2D eigenvalue weighted by molar-refractivity contribution is 9.10. The van der Waals surface area contributed by atoms with Crippen LogP contribution in [0, 0.1) is 10.1 Å². The minimum Gasteiger partial charge on any atom is -0.310 e. The second-order valence-electron chi connectivity index (χ2n) is 4.79. The van der Waals surface area contributed by atoms with Gasteiger partial charge >= 0.3 is 0 Å². The summed E-state index contributed by atoms with van der Waals surface area (Å²) in [6.07, 6.45) is 4.84. The van der Waals surface area contributed by atoms with Gasteiger partial charge in [-0.1, -0.05) is 38.3 Å². The molecule has 1 aromatic carbocycles. The number of nitro groups is 1. The Hall–Kier alpha value is -0.940. The number of benzene rings is 1. The van der Waals surface area contributed by atoms with Crippen LogP contribution in [0.5, 0.6) is 0 Å². The monoisotopic (exact) mass is 328 g/mol. The summed E-state index contributed by atoms with van der Waals surface area (Å²) in [5.41, 5.74) is 1.05. The summed E-state index contributed by atoms with van der Waals surface area (Å²) in [6.45, 7) is 4.99. The van der Waals surface area contributed by atoms with Gasteiger partial charge in [-0.15, -0.1) is 0 Å². The first-order valence-electron chi connectivity index (χ1n) is 6.71. The van der Waals surface area contributed by atoms with Gasteiger partial charge in [0.05, 0.1) is 9.40 Å². The van der Waals surface area contributed by atoms with Crippen molar-refractivity contribution < 1.29 is 4.92 Å². The van der Waals surface area contributed by atoms with Crippen LogP contribution in [-0.2, 0) is 6.54 Å². The van der Waals surface area contributed by atoms with Crippen LogP contribution in [0.4, 0.5) is 5.69 Å². The van der Waals surface area contributed by atoms with Crippen molar-refractivity contribution >= 4 is 21.6 Å². The minimum absolute atomic E-state index is 0.123. The zero-order valence-corrected chi connectivity index (χ0v) is 13.1. The van der Waals surface area contributed by atoms with E-state index in [0.29, 0.717) is 17.1 Å². The number of hydrogen-bond acceptors (Lipinski definition) is 3. The fourth-order valence-electron chi connectivity index (χ4n) is 1.93. The molecule has 1 unspecified atom stereocenters. The molecule has 0 bridgehead atoms. The van der Waals surface area contributed by atoms with Crippen molar-refractivity contribution in [3.63, 3.8) is 0 Å². The Morgan fingerprint density at radius 3 is 2.79 bits per heavy atom. The lowest BCUT2D eigenvalue weighted by Gasteiger charge is -2.14. The first kappa shape index (κ1) is 16.1. The fourth-order valence-corrected chi connectivity index (χ4v) is 2.48. The Kier molecular flexibility index (Phi) is 7.02. The van der Waals surface area contributed by atoms with Crippen molar-refractivity contribution in [1.29, 1.82) is 0 Å².